The molecule has 4 aromatic rings. The van der Waals surface area contributed by atoms with Crippen LogP contribution in [-0.2, 0) is 10.0 Å². The van der Waals surface area contributed by atoms with Crippen molar-refractivity contribution in [3.63, 3.8) is 0 Å². The number of aliphatic hydroxyl groups is 1. The molecule has 0 spiro atoms. The van der Waals surface area contributed by atoms with E-state index >= 15 is 0 Å². The molecule has 2 aromatic heterocycles. The highest BCUT2D eigenvalue weighted by molar-refractivity contribution is 7.93. The van der Waals surface area contributed by atoms with Crippen LogP contribution in [0.5, 0.6) is 0 Å². The number of hydrogen-bond acceptors (Lipinski definition) is 8. The van der Waals surface area contributed by atoms with Gasteiger partial charge in [-0.05, 0) is 18.6 Å². The Morgan fingerprint density at radius 1 is 1.33 bits per heavy atom. The quantitative estimate of drug-likeness (QED) is 0.400. The molecule has 2 aromatic carbocycles. The van der Waals surface area contributed by atoms with E-state index in [0.29, 0.717) is 17.5 Å². The van der Waals surface area contributed by atoms with Crippen molar-refractivity contribution in [1.29, 1.82) is 0 Å². The summed E-state index contributed by atoms with van der Waals surface area (Å²) < 4.78 is 52.5. The molecule has 0 saturated heterocycles. The highest BCUT2D eigenvalue weighted by Crippen LogP contribution is 2.28. The molecular formula is C21H17FN4O5S2. The molecule has 0 aliphatic rings. The maximum Gasteiger partial charge on any atom is 0.420 e. The summed E-state index contributed by atoms with van der Waals surface area (Å²) in [4.78, 5) is 15.7. The Morgan fingerprint density at radius 3 is 2.85 bits per heavy atom. The summed E-state index contributed by atoms with van der Waals surface area (Å²) in [5, 5.41) is 8.93. The fourth-order valence-electron chi connectivity index (χ4n) is 3.32. The van der Waals surface area contributed by atoms with E-state index in [0.717, 1.165) is 30.0 Å². The Balaban J connectivity index is 1.79. The van der Waals surface area contributed by atoms with Crippen molar-refractivity contribution in [1.82, 2.24) is 13.9 Å². The third-order valence-electron chi connectivity index (χ3n) is 4.80. The van der Waals surface area contributed by atoms with Gasteiger partial charge in [0.2, 0.25) is 5.13 Å². The molecule has 0 aliphatic heterocycles. The number of nitrogens with zero attached hydrogens (tertiary/aromatic N) is 3. The summed E-state index contributed by atoms with van der Waals surface area (Å²) >= 11 is 0.794. The molecule has 2 N–H and O–H groups in total. The van der Waals surface area contributed by atoms with Gasteiger partial charge in [0.15, 0.2) is 5.58 Å². The third-order valence-corrected chi connectivity index (χ3v) is 6.86. The first-order chi connectivity index (χ1) is 15.8. The molecule has 12 heteroatoms. The van der Waals surface area contributed by atoms with Crippen LogP contribution in [0, 0.1) is 17.7 Å². The maximum atomic E-state index is 14.9. The van der Waals surface area contributed by atoms with Crippen molar-refractivity contribution >= 4 is 37.8 Å². The molecule has 0 bridgehead atoms. The van der Waals surface area contributed by atoms with Gasteiger partial charge in [0, 0.05) is 35.6 Å². The van der Waals surface area contributed by atoms with Crippen molar-refractivity contribution in [2.24, 2.45) is 0 Å². The van der Waals surface area contributed by atoms with Crippen molar-refractivity contribution in [2.75, 3.05) is 11.3 Å². The van der Waals surface area contributed by atoms with Gasteiger partial charge in [-0.15, -0.1) is 0 Å². The molecule has 2 heterocycles. The zero-order chi connectivity index (χ0) is 23.6. The van der Waals surface area contributed by atoms with Gasteiger partial charge in [-0.25, -0.2) is 22.6 Å². The first kappa shape index (κ1) is 22.7. The number of aliphatic hydroxyl groups excluding tert-OH is 1. The van der Waals surface area contributed by atoms with Gasteiger partial charge in [-0.1, -0.05) is 30.0 Å². The largest absolute Gasteiger partial charge is 0.420 e. The van der Waals surface area contributed by atoms with E-state index in [9.17, 15) is 17.6 Å². The molecule has 33 heavy (non-hydrogen) atoms. The third kappa shape index (κ3) is 4.51. The molecule has 9 nitrogen and oxygen atoms in total. The van der Waals surface area contributed by atoms with Gasteiger partial charge in [-0.3, -0.25) is 9.29 Å². The topological polar surface area (TPSA) is 127 Å². The van der Waals surface area contributed by atoms with Gasteiger partial charge in [0.1, 0.15) is 17.0 Å². The average Bonchev–Trinajstić information content (AvgIpc) is 3.39. The second-order valence-corrected chi connectivity index (χ2v) is 9.31. The number of nitrogens with one attached hydrogen (secondary N) is 1. The van der Waals surface area contributed by atoms with Crippen molar-refractivity contribution in [3.05, 3.63) is 70.2 Å². The van der Waals surface area contributed by atoms with E-state index in [1.807, 2.05) is 0 Å². The lowest BCUT2D eigenvalue weighted by Gasteiger charge is -2.15. The summed E-state index contributed by atoms with van der Waals surface area (Å²) in [5.41, 5.74) is 1.33. The monoisotopic (exact) mass is 488 g/mol. The molecule has 0 aliphatic carbocycles. The minimum atomic E-state index is -4.33. The minimum Gasteiger partial charge on any atom is -0.408 e. The number of halogens is 1. The minimum absolute atomic E-state index is 0.0268. The predicted molar refractivity (Wildman–Crippen MR) is 120 cm³/mol. The zero-order valence-corrected chi connectivity index (χ0v) is 18.8. The number of benzene rings is 2. The predicted octanol–water partition coefficient (Wildman–Crippen LogP) is 2.73. The number of rotatable bonds is 6. The molecule has 0 fully saturated rings. The van der Waals surface area contributed by atoms with Crippen LogP contribution < -0.4 is 10.5 Å². The Labute approximate surface area is 191 Å². The first-order valence-corrected chi connectivity index (χ1v) is 11.9. The van der Waals surface area contributed by atoms with Crippen LogP contribution in [0.3, 0.4) is 0 Å². The van der Waals surface area contributed by atoms with Crippen LogP contribution in [0.15, 0.2) is 56.8 Å². The Hall–Kier alpha value is -3.53. The van der Waals surface area contributed by atoms with Gasteiger partial charge in [0.25, 0.3) is 10.0 Å². The highest BCUT2D eigenvalue weighted by atomic mass is 32.2. The fourth-order valence-corrected chi connectivity index (χ4v) is 5.06. The van der Waals surface area contributed by atoms with Gasteiger partial charge in [-0.2, -0.15) is 4.37 Å². The van der Waals surface area contributed by atoms with Crippen LogP contribution in [0.1, 0.15) is 30.5 Å². The van der Waals surface area contributed by atoms with E-state index < -0.39 is 32.5 Å². The van der Waals surface area contributed by atoms with Crippen LogP contribution in [0.2, 0.25) is 0 Å². The molecule has 0 amide bonds. The van der Waals surface area contributed by atoms with E-state index in [2.05, 4.69) is 25.9 Å². The average molecular weight is 489 g/mol. The summed E-state index contributed by atoms with van der Waals surface area (Å²) in [6.45, 7) is 1.65. The Bertz CT molecular complexity index is 1530. The number of hydrogen-bond donors (Lipinski definition) is 2. The Morgan fingerprint density at radius 2 is 2.12 bits per heavy atom. The molecule has 170 valence electrons. The summed E-state index contributed by atoms with van der Waals surface area (Å²) in [6, 6.07) is 8.43. The lowest BCUT2D eigenvalue weighted by Crippen LogP contribution is -2.20. The molecule has 0 saturated carbocycles. The van der Waals surface area contributed by atoms with Crippen LogP contribution >= 0.6 is 11.5 Å². The molecule has 1 atom stereocenters. The summed E-state index contributed by atoms with van der Waals surface area (Å²) in [5.74, 6) is 3.97. The van der Waals surface area contributed by atoms with Crippen LogP contribution in [-0.4, -0.2) is 34.1 Å². The number of sulfonamides is 1. The number of oxazole rings is 1. The second kappa shape index (κ2) is 9.14. The van der Waals surface area contributed by atoms with Crippen LogP contribution in [0.25, 0.3) is 11.1 Å². The smallest absolute Gasteiger partial charge is 0.408 e. The first-order valence-electron chi connectivity index (χ1n) is 9.64. The van der Waals surface area contributed by atoms with E-state index in [4.69, 9.17) is 9.52 Å². The molecule has 4 rings (SSSR count). The van der Waals surface area contributed by atoms with E-state index in [-0.39, 0.29) is 22.8 Å². The lowest BCUT2D eigenvalue weighted by atomic mass is 10.0. The van der Waals surface area contributed by atoms with E-state index in [1.54, 1.807) is 31.2 Å². The zero-order valence-electron chi connectivity index (χ0n) is 17.1. The lowest BCUT2D eigenvalue weighted by molar-refractivity contribution is 0.305. The highest BCUT2D eigenvalue weighted by Gasteiger charge is 2.26. The van der Waals surface area contributed by atoms with Crippen molar-refractivity contribution < 1.29 is 22.3 Å². The second-order valence-electron chi connectivity index (χ2n) is 6.88. The molecular weight excluding hydrogens is 471 g/mol. The molecule has 0 radical (unpaired) electrons. The summed E-state index contributed by atoms with van der Waals surface area (Å²) in [7, 11) is -4.33. The van der Waals surface area contributed by atoms with Crippen molar-refractivity contribution in [3.8, 4) is 11.8 Å². The maximum absolute atomic E-state index is 14.9. The fraction of sp³-hybridized carbons (Fsp3) is 0.190. The van der Waals surface area contributed by atoms with Gasteiger partial charge in [0.05, 0.1) is 18.2 Å². The Kier molecular flexibility index (Phi) is 6.28. The molecule has 0 unspecified atom stereocenters. The van der Waals surface area contributed by atoms with Gasteiger partial charge < -0.3 is 9.52 Å². The van der Waals surface area contributed by atoms with Crippen LogP contribution in [0.4, 0.5) is 9.52 Å². The number of anilines is 1. The van der Waals surface area contributed by atoms with Crippen molar-refractivity contribution in [2.45, 2.75) is 24.3 Å². The summed E-state index contributed by atoms with van der Waals surface area (Å²) in [6.07, 6.45) is 1.46. The SMILES string of the molecule is C[C@H](c1ccccc1C#CCCO)n1c(=O)oc2cc(S(=O)(=O)Nc3ncns3)c(F)cc21. The number of fused-ring (bicyclic) bond motifs is 1. The standard InChI is InChI=1S/C21H17FN4O5S2/c1-13(15-8-3-2-6-14(15)7-4-5-9-27)26-17-10-16(22)19(11-18(17)31-21(26)28)33(29,30)25-20-23-12-24-32-20/h2-3,6,8,10-13,27H,5,9H2,1H3,(H,23,24,25)/t13-/m1/s1. The number of aromatic nitrogens is 3. The normalized spacial score (nSPS) is 12.3. The van der Waals surface area contributed by atoms with Gasteiger partial charge >= 0.3 is 5.76 Å². The van der Waals surface area contributed by atoms with E-state index in [1.165, 1.54) is 4.57 Å².